The second-order valence-electron chi connectivity index (χ2n) is 6.73. The molecule has 0 aliphatic carbocycles. The molecule has 3 aromatic rings. The van der Waals surface area contributed by atoms with Gasteiger partial charge in [0.2, 0.25) is 10.0 Å². The van der Waals surface area contributed by atoms with E-state index in [1.807, 2.05) is 66.7 Å². The molecule has 0 bridgehead atoms. The summed E-state index contributed by atoms with van der Waals surface area (Å²) in [7, 11) is -3.50. The largest absolute Gasteiger partial charge is 0.368 e. The zero-order valence-electron chi connectivity index (χ0n) is 15.3. The van der Waals surface area contributed by atoms with Crippen LogP contribution in [0.25, 0.3) is 11.1 Å². The summed E-state index contributed by atoms with van der Waals surface area (Å²) < 4.78 is 27.6. The van der Waals surface area contributed by atoms with Crippen LogP contribution < -0.4 is 4.90 Å². The number of hydrogen-bond acceptors (Lipinski definition) is 3. The standard InChI is InChI=1S/C22H21ClN2O2S/c23-21-8-4-5-9-22(21)24-14-16-25(17-15-24)28(26,27)20-12-10-19(11-13-20)18-6-2-1-3-7-18/h1-13H,14-17H2. The van der Waals surface area contributed by atoms with Crippen molar-refractivity contribution in [2.75, 3.05) is 31.1 Å². The van der Waals surface area contributed by atoms with Crippen molar-refractivity contribution >= 4 is 27.3 Å². The first kappa shape index (κ1) is 19.0. The number of rotatable bonds is 4. The van der Waals surface area contributed by atoms with E-state index in [0.717, 1.165) is 16.8 Å². The van der Waals surface area contributed by atoms with Crippen molar-refractivity contribution in [3.05, 3.63) is 83.9 Å². The summed E-state index contributed by atoms with van der Waals surface area (Å²) in [6.45, 7) is 2.11. The highest BCUT2D eigenvalue weighted by Crippen LogP contribution is 2.28. The fraction of sp³-hybridized carbons (Fsp3) is 0.182. The van der Waals surface area contributed by atoms with E-state index in [1.54, 1.807) is 16.4 Å². The van der Waals surface area contributed by atoms with Gasteiger partial charge in [-0.3, -0.25) is 0 Å². The minimum absolute atomic E-state index is 0.332. The van der Waals surface area contributed by atoms with E-state index >= 15 is 0 Å². The molecule has 4 nitrogen and oxygen atoms in total. The Morgan fingerprint density at radius 2 is 1.25 bits per heavy atom. The lowest BCUT2D eigenvalue weighted by Gasteiger charge is -2.35. The van der Waals surface area contributed by atoms with Gasteiger partial charge in [0.25, 0.3) is 0 Å². The van der Waals surface area contributed by atoms with E-state index in [1.165, 1.54) is 0 Å². The highest BCUT2D eigenvalue weighted by molar-refractivity contribution is 7.89. The van der Waals surface area contributed by atoms with Gasteiger partial charge in [-0.15, -0.1) is 0 Å². The summed E-state index contributed by atoms with van der Waals surface area (Å²) in [5, 5.41) is 0.690. The second kappa shape index (κ2) is 7.95. The third-order valence-electron chi connectivity index (χ3n) is 5.03. The van der Waals surface area contributed by atoms with Crippen LogP contribution in [-0.2, 0) is 10.0 Å². The van der Waals surface area contributed by atoms with Gasteiger partial charge in [-0.05, 0) is 35.4 Å². The smallest absolute Gasteiger partial charge is 0.243 e. The van der Waals surface area contributed by atoms with Gasteiger partial charge in [0.05, 0.1) is 15.6 Å². The van der Waals surface area contributed by atoms with Crippen LogP contribution in [0.4, 0.5) is 5.69 Å². The van der Waals surface area contributed by atoms with Crippen LogP contribution in [0, 0.1) is 0 Å². The molecule has 1 heterocycles. The van der Waals surface area contributed by atoms with Crippen LogP contribution in [-0.4, -0.2) is 38.9 Å². The number of benzene rings is 3. The zero-order chi connectivity index (χ0) is 19.6. The quantitative estimate of drug-likeness (QED) is 0.632. The van der Waals surface area contributed by atoms with Gasteiger partial charge in [0.1, 0.15) is 0 Å². The Labute approximate surface area is 171 Å². The van der Waals surface area contributed by atoms with Crippen LogP contribution >= 0.6 is 11.6 Å². The Hall–Kier alpha value is -2.34. The number of anilines is 1. The van der Waals surface area contributed by atoms with Crippen molar-refractivity contribution in [2.24, 2.45) is 0 Å². The molecule has 1 saturated heterocycles. The lowest BCUT2D eigenvalue weighted by molar-refractivity contribution is 0.385. The molecule has 0 atom stereocenters. The van der Waals surface area contributed by atoms with Gasteiger partial charge < -0.3 is 4.90 Å². The molecule has 4 rings (SSSR count). The van der Waals surface area contributed by atoms with Crippen molar-refractivity contribution in [1.82, 2.24) is 4.31 Å². The maximum Gasteiger partial charge on any atom is 0.243 e. The van der Waals surface area contributed by atoms with Crippen LogP contribution in [0.2, 0.25) is 5.02 Å². The summed E-state index contributed by atoms with van der Waals surface area (Å²) in [6, 6.07) is 24.7. The molecule has 1 aliphatic heterocycles. The fourth-order valence-corrected chi connectivity index (χ4v) is 5.15. The van der Waals surface area contributed by atoms with Gasteiger partial charge in [0, 0.05) is 26.2 Å². The average Bonchev–Trinajstić information content (AvgIpc) is 2.75. The van der Waals surface area contributed by atoms with Gasteiger partial charge in [-0.2, -0.15) is 4.31 Å². The molecule has 1 fully saturated rings. The fourth-order valence-electron chi connectivity index (χ4n) is 3.48. The second-order valence-corrected chi connectivity index (χ2v) is 9.08. The average molecular weight is 413 g/mol. The minimum atomic E-state index is -3.50. The third-order valence-corrected chi connectivity index (χ3v) is 7.26. The normalized spacial score (nSPS) is 15.5. The molecule has 1 aliphatic rings. The molecule has 0 aromatic heterocycles. The number of piperazine rings is 1. The Morgan fingerprint density at radius 3 is 1.89 bits per heavy atom. The lowest BCUT2D eigenvalue weighted by Crippen LogP contribution is -2.48. The summed E-state index contributed by atoms with van der Waals surface area (Å²) in [4.78, 5) is 2.46. The maximum absolute atomic E-state index is 13.0. The van der Waals surface area contributed by atoms with Gasteiger partial charge >= 0.3 is 0 Å². The van der Waals surface area contributed by atoms with Gasteiger partial charge in [-0.25, -0.2) is 8.42 Å². The molecule has 28 heavy (non-hydrogen) atoms. The zero-order valence-corrected chi connectivity index (χ0v) is 16.9. The van der Waals surface area contributed by atoms with E-state index < -0.39 is 10.0 Å². The molecule has 0 N–H and O–H groups in total. The first-order valence-electron chi connectivity index (χ1n) is 9.21. The monoisotopic (exact) mass is 412 g/mol. The molecule has 0 radical (unpaired) electrons. The van der Waals surface area contributed by atoms with Gasteiger partial charge in [-0.1, -0.05) is 66.2 Å². The molecule has 6 heteroatoms. The van der Waals surface area contributed by atoms with E-state index in [-0.39, 0.29) is 0 Å². The topological polar surface area (TPSA) is 40.6 Å². The van der Waals surface area contributed by atoms with Gasteiger partial charge in [0.15, 0.2) is 0 Å². The Kier molecular flexibility index (Phi) is 5.40. The molecule has 3 aromatic carbocycles. The SMILES string of the molecule is O=S(=O)(c1ccc(-c2ccccc2)cc1)N1CCN(c2ccccc2Cl)CC1. The van der Waals surface area contributed by atoms with Crippen LogP contribution in [0.15, 0.2) is 83.8 Å². The van der Waals surface area contributed by atoms with Crippen LogP contribution in [0.3, 0.4) is 0 Å². The highest BCUT2D eigenvalue weighted by atomic mass is 35.5. The van der Waals surface area contributed by atoms with Crippen LogP contribution in [0.5, 0.6) is 0 Å². The summed E-state index contributed by atoms with van der Waals surface area (Å²) in [5.41, 5.74) is 3.02. The number of halogens is 1. The van der Waals surface area contributed by atoms with Crippen molar-refractivity contribution in [1.29, 1.82) is 0 Å². The Morgan fingerprint density at radius 1 is 0.679 bits per heavy atom. The molecular weight excluding hydrogens is 392 g/mol. The number of hydrogen-bond donors (Lipinski definition) is 0. The Bertz CT molecular complexity index is 1050. The highest BCUT2D eigenvalue weighted by Gasteiger charge is 2.29. The van der Waals surface area contributed by atoms with Crippen molar-refractivity contribution < 1.29 is 8.42 Å². The van der Waals surface area contributed by atoms with E-state index in [2.05, 4.69) is 4.90 Å². The molecule has 0 unspecified atom stereocenters. The molecular formula is C22H21ClN2O2S. The molecule has 144 valence electrons. The third kappa shape index (κ3) is 3.78. The number of para-hydroxylation sites is 1. The minimum Gasteiger partial charge on any atom is -0.368 e. The predicted molar refractivity (Wildman–Crippen MR) is 114 cm³/mol. The number of nitrogens with zero attached hydrogens (tertiary/aromatic N) is 2. The lowest BCUT2D eigenvalue weighted by atomic mass is 10.1. The maximum atomic E-state index is 13.0. The van der Waals surface area contributed by atoms with Crippen molar-refractivity contribution in [2.45, 2.75) is 4.90 Å². The predicted octanol–water partition coefficient (Wildman–Crippen LogP) is 4.52. The summed E-state index contributed by atoms with van der Waals surface area (Å²) in [5.74, 6) is 0. The van der Waals surface area contributed by atoms with Crippen LogP contribution in [0.1, 0.15) is 0 Å². The van der Waals surface area contributed by atoms with E-state index in [0.29, 0.717) is 36.1 Å². The van der Waals surface area contributed by atoms with E-state index in [4.69, 9.17) is 11.6 Å². The first-order valence-corrected chi connectivity index (χ1v) is 11.0. The van der Waals surface area contributed by atoms with E-state index in [9.17, 15) is 8.42 Å². The van der Waals surface area contributed by atoms with Crippen molar-refractivity contribution in [3.8, 4) is 11.1 Å². The summed E-state index contributed by atoms with van der Waals surface area (Å²) in [6.07, 6.45) is 0. The molecule has 0 amide bonds. The molecule has 0 saturated carbocycles. The Balaban J connectivity index is 1.48. The number of sulfonamides is 1. The molecule has 0 spiro atoms. The first-order chi connectivity index (χ1) is 13.6. The van der Waals surface area contributed by atoms with Crippen molar-refractivity contribution in [3.63, 3.8) is 0 Å². The summed E-state index contributed by atoms with van der Waals surface area (Å²) >= 11 is 6.27.